The Kier molecular flexibility index (Phi) is 6.46. The van der Waals surface area contributed by atoms with Crippen LogP contribution in [0.4, 0.5) is 0 Å². The van der Waals surface area contributed by atoms with Gasteiger partial charge in [0.25, 0.3) is 0 Å². The third-order valence-corrected chi connectivity index (χ3v) is 4.96. The maximum absolute atomic E-state index is 4.45. The Morgan fingerprint density at radius 2 is 2.00 bits per heavy atom. The van der Waals surface area contributed by atoms with Gasteiger partial charge < -0.3 is 14.8 Å². The van der Waals surface area contributed by atoms with Crippen molar-refractivity contribution >= 4 is 29.9 Å². The normalized spacial score (nSPS) is 19.9. The minimum absolute atomic E-state index is 0. The lowest BCUT2D eigenvalue weighted by atomic mass is 9.68. The first-order valence-electron chi connectivity index (χ1n) is 8.09. The first-order valence-corrected chi connectivity index (χ1v) is 8.09. The fourth-order valence-electron chi connectivity index (χ4n) is 3.49. The van der Waals surface area contributed by atoms with Crippen LogP contribution in [-0.2, 0) is 6.54 Å². The minimum atomic E-state index is 0. The summed E-state index contributed by atoms with van der Waals surface area (Å²) in [6, 6.07) is 0. The average Bonchev–Trinajstić information content (AvgIpc) is 3.11. The predicted molar refractivity (Wildman–Crippen MR) is 98.5 cm³/mol. The second kappa shape index (κ2) is 8.12. The van der Waals surface area contributed by atoms with Crippen LogP contribution >= 0.6 is 24.0 Å². The third-order valence-electron chi connectivity index (χ3n) is 4.96. The van der Waals surface area contributed by atoms with E-state index in [0.717, 1.165) is 31.9 Å². The molecule has 0 unspecified atom stereocenters. The molecular formula is C15H27IN6. The highest BCUT2D eigenvalue weighted by Gasteiger charge is 2.43. The zero-order chi connectivity index (χ0) is 14.5. The van der Waals surface area contributed by atoms with E-state index in [2.05, 4.69) is 25.4 Å². The van der Waals surface area contributed by atoms with Gasteiger partial charge in [0.1, 0.15) is 12.7 Å². The van der Waals surface area contributed by atoms with E-state index in [0.29, 0.717) is 5.41 Å². The molecule has 0 atom stereocenters. The molecule has 0 aromatic carbocycles. The number of aryl methyl sites for hydroxylation is 1. The van der Waals surface area contributed by atoms with Gasteiger partial charge in [0.15, 0.2) is 5.96 Å². The Balaban J connectivity index is 0.00000176. The molecule has 0 bridgehead atoms. The minimum Gasteiger partial charge on any atom is -0.356 e. The van der Waals surface area contributed by atoms with Crippen molar-refractivity contribution in [2.24, 2.45) is 10.4 Å². The number of guanidine groups is 1. The van der Waals surface area contributed by atoms with Crippen LogP contribution in [0.1, 0.15) is 38.5 Å². The highest BCUT2D eigenvalue weighted by molar-refractivity contribution is 14.0. The second-order valence-electron chi connectivity index (χ2n) is 6.41. The maximum atomic E-state index is 4.45. The highest BCUT2D eigenvalue weighted by Crippen LogP contribution is 2.47. The fourth-order valence-corrected chi connectivity index (χ4v) is 3.49. The molecule has 0 amide bonds. The first-order chi connectivity index (χ1) is 10.3. The summed E-state index contributed by atoms with van der Waals surface area (Å²) in [6.07, 6.45) is 11.4. The molecule has 6 nitrogen and oxygen atoms in total. The van der Waals surface area contributed by atoms with E-state index in [1.54, 1.807) is 12.7 Å². The number of halogens is 1. The van der Waals surface area contributed by atoms with Crippen molar-refractivity contribution in [3.63, 3.8) is 0 Å². The van der Waals surface area contributed by atoms with E-state index in [4.69, 9.17) is 0 Å². The van der Waals surface area contributed by atoms with Gasteiger partial charge in [0.2, 0.25) is 0 Å². The van der Waals surface area contributed by atoms with Gasteiger partial charge in [-0.3, -0.25) is 4.99 Å². The molecule has 1 saturated heterocycles. The van der Waals surface area contributed by atoms with Gasteiger partial charge in [-0.1, -0.05) is 6.42 Å². The van der Waals surface area contributed by atoms with E-state index in [9.17, 15) is 0 Å². The maximum Gasteiger partial charge on any atom is 0.193 e. The summed E-state index contributed by atoms with van der Waals surface area (Å²) in [4.78, 5) is 6.89. The third kappa shape index (κ3) is 4.11. The molecular weight excluding hydrogens is 391 g/mol. The van der Waals surface area contributed by atoms with Crippen molar-refractivity contribution in [1.82, 2.24) is 25.0 Å². The predicted octanol–water partition coefficient (Wildman–Crippen LogP) is 2.13. The van der Waals surface area contributed by atoms with E-state index in [-0.39, 0.29) is 24.0 Å². The Morgan fingerprint density at radius 1 is 1.23 bits per heavy atom. The quantitative estimate of drug-likeness (QED) is 0.345. The average molecular weight is 418 g/mol. The molecule has 7 heteroatoms. The molecule has 1 aliphatic carbocycles. The van der Waals surface area contributed by atoms with Crippen LogP contribution in [0, 0.1) is 5.41 Å². The van der Waals surface area contributed by atoms with E-state index in [1.165, 1.54) is 38.8 Å². The second-order valence-corrected chi connectivity index (χ2v) is 6.41. The van der Waals surface area contributed by atoms with Crippen LogP contribution in [0.5, 0.6) is 0 Å². The summed E-state index contributed by atoms with van der Waals surface area (Å²) >= 11 is 0. The van der Waals surface area contributed by atoms with Crippen molar-refractivity contribution in [3.8, 4) is 0 Å². The summed E-state index contributed by atoms with van der Waals surface area (Å²) in [5, 5.41) is 11.1. The summed E-state index contributed by atoms with van der Waals surface area (Å²) in [6.45, 7) is 4.34. The Morgan fingerprint density at radius 3 is 2.59 bits per heavy atom. The van der Waals surface area contributed by atoms with Crippen molar-refractivity contribution in [2.75, 3.05) is 26.7 Å². The molecule has 2 fully saturated rings. The highest BCUT2D eigenvalue weighted by atomic mass is 127. The number of rotatable bonds is 5. The molecule has 2 heterocycles. The Bertz CT molecular complexity index is 468. The van der Waals surface area contributed by atoms with Crippen LogP contribution < -0.4 is 5.32 Å². The van der Waals surface area contributed by atoms with Crippen molar-refractivity contribution in [1.29, 1.82) is 0 Å². The lowest BCUT2D eigenvalue weighted by molar-refractivity contribution is 0.151. The molecule has 0 radical (unpaired) electrons. The van der Waals surface area contributed by atoms with Crippen molar-refractivity contribution in [2.45, 2.75) is 45.1 Å². The number of hydrogen-bond donors (Lipinski definition) is 1. The van der Waals surface area contributed by atoms with E-state index in [1.807, 2.05) is 11.6 Å². The molecule has 3 rings (SSSR count). The number of likely N-dealkylation sites (tertiary alicyclic amines) is 1. The lowest BCUT2D eigenvalue weighted by Crippen LogP contribution is -2.42. The van der Waals surface area contributed by atoms with E-state index < -0.39 is 0 Å². The van der Waals surface area contributed by atoms with Crippen LogP contribution in [0.3, 0.4) is 0 Å². The van der Waals surface area contributed by atoms with E-state index >= 15 is 0 Å². The standard InChI is InChI=1S/C15H26N6.HI/c1-16-14(21-10-7-15(11-21)5-4-6-15)17-8-2-3-9-20-12-18-19-13-20;/h12-13H,2-11H2,1H3,(H,16,17);1H. The molecule has 22 heavy (non-hydrogen) atoms. The number of aromatic nitrogens is 3. The van der Waals surface area contributed by atoms with Crippen LogP contribution in [0.15, 0.2) is 17.6 Å². The van der Waals surface area contributed by atoms with Crippen molar-refractivity contribution in [3.05, 3.63) is 12.7 Å². The lowest BCUT2D eigenvalue weighted by Gasteiger charge is -2.38. The van der Waals surface area contributed by atoms with Gasteiger partial charge in [-0.15, -0.1) is 34.2 Å². The summed E-state index contributed by atoms with van der Waals surface area (Å²) in [5.41, 5.74) is 0.631. The molecule has 124 valence electrons. The van der Waals surface area contributed by atoms with Gasteiger partial charge in [0.05, 0.1) is 0 Å². The Hall–Kier alpha value is -0.860. The molecule has 1 spiro atoms. The number of nitrogens with one attached hydrogen (secondary N) is 1. The summed E-state index contributed by atoms with van der Waals surface area (Å²) in [5.74, 6) is 1.09. The van der Waals surface area contributed by atoms with Crippen molar-refractivity contribution < 1.29 is 0 Å². The van der Waals surface area contributed by atoms with Crippen LogP contribution in [0.2, 0.25) is 0 Å². The van der Waals surface area contributed by atoms with Gasteiger partial charge in [-0.05, 0) is 37.5 Å². The van der Waals surface area contributed by atoms with Crippen LogP contribution in [0.25, 0.3) is 0 Å². The molecule has 1 aromatic heterocycles. The molecule has 1 saturated carbocycles. The molecule has 1 aliphatic heterocycles. The fraction of sp³-hybridized carbons (Fsp3) is 0.800. The SMILES string of the molecule is CN=C(NCCCCn1cnnc1)N1CCC2(CCC2)C1.I. The van der Waals surface area contributed by atoms with Gasteiger partial charge >= 0.3 is 0 Å². The topological polar surface area (TPSA) is 58.3 Å². The molecule has 1 N–H and O–H groups in total. The largest absolute Gasteiger partial charge is 0.356 e. The summed E-state index contributed by atoms with van der Waals surface area (Å²) in [7, 11) is 1.89. The van der Waals surface area contributed by atoms with Gasteiger partial charge in [0, 0.05) is 33.2 Å². The number of nitrogens with zero attached hydrogens (tertiary/aromatic N) is 5. The smallest absolute Gasteiger partial charge is 0.193 e. The Labute approximate surface area is 149 Å². The molecule has 1 aromatic rings. The number of hydrogen-bond acceptors (Lipinski definition) is 3. The number of aliphatic imine (C=N–C) groups is 1. The molecule has 2 aliphatic rings. The zero-order valence-corrected chi connectivity index (χ0v) is 15.7. The van der Waals surface area contributed by atoms with Crippen LogP contribution in [-0.4, -0.2) is 52.3 Å². The van der Waals surface area contributed by atoms with Gasteiger partial charge in [-0.2, -0.15) is 0 Å². The zero-order valence-electron chi connectivity index (χ0n) is 13.4. The first kappa shape index (κ1) is 17.5. The monoisotopic (exact) mass is 418 g/mol. The van der Waals surface area contributed by atoms with Gasteiger partial charge in [-0.25, -0.2) is 0 Å². The summed E-state index contributed by atoms with van der Waals surface area (Å²) < 4.78 is 2.02. The number of unbranched alkanes of at least 4 members (excludes halogenated alkanes) is 1.